The highest BCUT2D eigenvalue weighted by atomic mass is 32.2. The first-order chi connectivity index (χ1) is 5.81. The largest absolute Gasteiger partial charge is 0.396 e. The SMILES string of the molecule is OCCSCCOCC(O)CO. The molecule has 0 aromatic rings. The van der Waals surface area contributed by atoms with Crippen LogP contribution in [0.15, 0.2) is 0 Å². The Morgan fingerprint density at radius 2 is 2.00 bits per heavy atom. The minimum absolute atomic E-state index is 0.177. The van der Waals surface area contributed by atoms with E-state index in [1.807, 2.05) is 0 Å². The van der Waals surface area contributed by atoms with Gasteiger partial charge >= 0.3 is 0 Å². The maximum atomic E-state index is 8.84. The van der Waals surface area contributed by atoms with Crippen LogP contribution in [-0.2, 0) is 4.74 Å². The van der Waals surface area contributed by atoms with Gasteiger partial charge in [-0.15, -0.1) is 0 Å². The summed E-state index contributed by atoms with van der Waals surface area (Å²) in [5.74, 6) is 1.52. The highest BCUT2D eigenvalue weighted by Gasteiger charge is 2.00. The van der Waals surface area contributed by atoms with Crippen LogP contribution < -0.4 is 0 Å². The van der Waals surface area contributed by atoms with Gasteiger partial charge in [-0.3, -0.25) is 0 Å². The van der Waals surface area contributed by atoms with Gasteiger partial charge in [0.2, 0.25) is 0 Å². The van der Waals surface area contributed by atoms with E-state index in [-0.39, 0.29) is 19.8 Å². The monoisotopic (exact) mass is 196 g/mol. The molecule has 12 heavy (non-hydrogen) atoms. The lowest BCUT2D eigenvalue weighted by Gasteiger charge is -2.07. The van der Waals surface area contributed by atoms with E-state index in [1.165, 1.54) is 0 Å². The summed E-state index contributed by atoms with van der Waals surface area (Å²) in [6.45, 7) is 0.644. The van der Waals surface area contributed by atoms with E-state index in [1.54, 1.807) is 11.8 Å². The van der Waals surface area contributed by atoms with Crippen LogP contribution in [0.3, 0.4) is 0 Å². The standard InChI is InChI=1S/C7H16O4S/c8-1-3-12-4-2-11-6-7(10)5-9/h7-10H,1-6H2. The van der Waals surface area contributed by atoms with Crippen molar-refractivity contribution in [2.45, 2.75) is 6.10 Å². The van der Waals surface area contributed by atoms with E-state index in [0.29, 0.717) is 12.4 Å². The molecule has 0 aliphatic rings. The summed E-state index contributed by atoms with van der Waals surface area (Å²) >= 11 is 1.59. The molecule has 0 saturated heterocycles. The molecule has 0 fully saturated rings. The van der Waals surface area contributed by atoms with Gasteiger partial charge in [0.1, 0.15) is 6.10 Å². The van der Waals surface area contributed by atoms with Crippen LogP contribution in [0.4, 0.5) is 0 Å². The molecule has 0 aromatic heterocycles. The van der Waals surface area contributed by atoms with Crippen molar-refractivity contribution in [2.75, 3.05) is 37.9 Å². The molecular formula is C7H16O4S. The van der Waals surface area contributed by atoms with Crippen molar-refractivity contribution < 1.29 is 20.1 Å². The van der Waals surface area contributed by atoms with Crippen molar-refractivity contribution in [1.82, 2.24) is 0 Å². The van der Waals surface area contributed by atoms with Crippen LogP contribution in [0, 0.1) is 0 Å². The van der Waals surface area contributed by atoms with Gasteiger partial charge in [0, 0.05) is 11.5 Å². The Kier molecular flexibility index (Phi) is 9.43. The number of rotatable bonds is 8. The molecule has 0 aliphatic carbocycles. The number of hydrogen-bond donors (Lipinski definition) is 3. The van der Waals surface area contributed by atoms with E-state index < -0.39 is 6.10 Å². The fourth-order valence-corrected chi connectivity index (χ4v) is 1.13. The Morgan fingerprint density at radius 1 is 1.25 bits per heavy atom. The van der Waals surface area contributed by atoms with Crippen LogP contribution in [-0.4, -0.2) is 59.4 Å². The minimum atomic E-state index is -0.771. The second-order valence-electron chi connectivity index (χ2n) is 2.25. The van der Waals surface area contributed by atoms with Crippen molar-refractivity contribution in [3.05, 3.63) is 0 Å². The van der Waals surface area contributed by atoms with Gasteiger partial charge in [-0.2, -0.15) is 11.8 Å². The summed E-state index contributed by atoms with van der Waals surface area (Å²) in [5, 5.41) is 25.7. The van der Waals surface area contributed by atoms with Gasteiger partial charge < -0.3 is 20.1 Å². The van der Waals surface area contributed by atoms with Crippen LogP contribution in [0.1, 0.15) is 0 Å². The van der Waals surface area contributed by atoms with E-state index in [4.69, 9.17) is 20.1 Å². The van der Waals surface area contributed by atoms with Crippen LogP contribution >= 0.6 is 11.8 Å². The van der Waals surface area contributed by atoms with Crippen LogP contribution in [0.5, 0.6) is 0 Å². The third kappa shape index (κ3) is 8.29. The van der Waals surface area contributed by atoms with E-state index in [2.05, 4.69) is 0 Å². The highest BCUT2D eigenvalue weighted by Crippen LogP contribution is 1.97. The first-order valence-corrected chi connectivity index (χ1v) is 5.02. The maximum absolute atomic E-state index is 8.84. The summed E-state index contributed by atoms with van der Waals surface area (Å²) in [5.41, 5.74) is 0. The molecule has 0 saturated carbocycles. The number of hydrogen-bond acceptors (Lipinski definition) is 5. The summed E-state index contributed by atoms with van der Waals surface area (Å²) in [4.78, 5) is 0. The van der Waals surface area contributed by atoms with Gasteiger partial charge in [-0.05, 0) is 0 Å². The number of thioether (sulfide) groups is 1. The lowest BCUT2D eigenvalue weighted by molar-refractivity contribution is 0.0112. The second kappa shape index (κ2) is 9.28. The molecule has 1 atom stereocenters. The van der Waals surface area contributed by atoms with Crippen molar-refractivity contribution >= 4 is 11.8 Å². The van der Waals surface area contributed by atoms with Gasteiger partial charge in [0.15, 0.2) is 0 Å². The highest BCUT2D eigenvalue weighted by molar-refractivity contribution is 7.99. The number of ether oxygens (including phenoxy) is 1. The Balaban J connectivity index is 2.90. The molecular weight excluding hydrogens is 180 g/mol. The Morgan fingerprint density at radius 3 is 2.58 bits per heavy atom. The van der Waals surface area contributed by atoms with Crippen molar-refractivity contribution in [3.8, 4) is 0 Å². The molecule has 0 radical (unpaired) electrons. The lowest BCUT2D eigenvalue weighted by Crippen LogP contribution is -2.20. The molecule has 1 unspecified atom stereocenters. The summed E-state index contributed by atoms with van der Waals surface area (Å²) in [7, 11) is 0. The summed E-state index contributed by atoms with van der Waals surface area (Å²) < 4.78 is 5.02. The van der Waals surface area contributed by atoms with Gasteiger partial charge in [0.05, 0.1) is 26.4 Å². The fraction of sp³-hybridized carbons (Fsp3) is 1.00. The molecule has 0 spiro atoms. The number of aliphatic hydroxyl groups is 3. The van der Waals surface area contributed by atoms with Gasteiger partial charge in [-0.25, -0.2) is 0 Å². The fourth-order valence-electron chi connectivity index (χ4n) is 0.557. The zero-order valence-corrected chi connectivity index (χ0v) is 7.79. The maximum Gasteiger partial charge on any atom is 0.100 e. The van der Waals surface area contributed by atoms with Gasteiger partial charge in [-0.1, -0.05) is 0 Å². The first kappa shape index (κ1) is 12.2. The normalized spacial score (nSPS) is 13.2. The Labute approximate surface area is 76.5 Å². The molecule has 0 heterocycles. The molecule has 5 heteroatoms. The first-order valence-electron chi connectivity index (χ1n) is 3.86. The zero-order chi connectivity index (χ0) is 9.23. The average Bonchev–Trinajstić information content (AvgIpc) is 2.10. The lowest BCUT2D eigenvalue weighted by atomic mass is 10.4. The quantitative estimate of drug-likeness (QED) is 0.438. The predicted molar refractivity (Wildman–Crippen MR) is 48.3 cm³/mol. The molecule has 0 bridgehead atoms. The molecule has 4 nitrogen and oxygen atoms in total. The zero-order valence-electron chi connectivity index (χ0n) is 6.98. The van der Waals surface area contributed by atoms with Crippen LogP contribution in [0.2, 0.25) is 0 Å². The van der Waals surface area contributed by atoms with E-state index >= 15 is 0 Å². The molecule has 0 aromatic carbocycles. The third-order valence-electron chi connectivity index (χ3n) is 1.13. The van der Waals surface area contributed by atoms with Crippen molar-refractivity contribution in [1.29, 1.82) is 0 Å². The Bertz CT molecular complexity index is 91.5. The van der Waals surface area contributed by atoms with E-state index in [0.717, 1.165) is 5.75 Å². The number of aliphatic hydroxyl groups excluding tert-OH is 3. The topological polar surface area (TPSA) is 69.9 Å². The van der Waals surface area contributed by atoms with Crippen LogP contribution in [0.25, 0.3) is 0 Å². The second-order valence-corrected chi connectivity index (χ2v) is 3.47. The molecule has 3 N–H and O–H groups in total. The Hall–Kier alpha value is 0.190. The summed E-state index contributed by atoms with van der Waals surface area (Å²) in [6, 6.07) is 0. The van der Waals surface area contributed by atoms with Crippen molar-refractivity contribution in [3.63, 3.8) is 0 Å². The predicted octanol–water partition coefficient (Wildman–Crippen LogP) is -0.918. The van der Waals surface area contributed by atoms with Crippen molar-refractivity contribution in [2.24, 2.45) is 0 Å². The van der Waals surface area contributed by atoms with Gasteiger partial charge in [0.25, 0.3) is 0 Å². The third-order valence-corrected chi connectivity index (χ3v) is 2.06. The molecule has 0 amide bonds. The summed E-state index contributed by atoms with van der Waals surface area (Å²) in [6.07, 6.45) is -0.771. The molecule has 74 valence electrons. The van der Waals surface area contributed by atoms with E-state index in [9.17, 15) is 0 Å². The smallest absolute Gasteiger partial charge is 0.100 e. The molecule has 0 rings (SSSR count). The average molecular weight is 196 g/mol. The molecule has 0 aliphatic heterocycles. The minimum Gasteiger partial charge on any atom is -0.396 e.